The van der Waals surface area contributed by atoms with Crippen molar-refractivity contribution >= 4 is 22.6 Å². The molecule has 1 aliphatic rings. The fraction of sp³-hybridized carbons (Fsp3) is 0.375. The van der Waals surface area contributed by atoms with E-state index < -0.39 is 17.6 Å². The molecule has 33 heavy (non-hydrogen) atoms. The van der Waals surface area contributed by atoms with Crippen molar-refractivity contribution in [1.82, 2.24) is 14.7 Å². The molecule has 174 valence electrons. The van der Waals surface area contributed by atoms with Gasteiger partial charge in [0.15, 0.2) is 0 Å². The number of nitrogens with one attached hydrogen (secondary N) is 1. The van der Waals surface area contributed by atoms with E-state index in [1.165, 1.54) is 34.8 Å². The summed E-state index contributed by atoms with van der Waals surface area (Å²) in [6.45, 7) is 4.12. The first-order chi connectivity index (χ1) is 15.8. The molecule has 1 aliphatic heterocycles. The molecule has 0 atom stereocenters. The summed E-state index contributed by atoms with van der Waals surface area (Å²) >= 11 is 1.40. The van der Waals surface area contributed by atoms with Crippen molar-refractivity contribution in [2.24, 2.45) is 5.92 Å². The van der Waals surface area contributed by atoms with E-state index >= 15 is 0 Å². The molecule has 0 bridgehead atoms. The van der Waals surface area contributed by atoms with Gasteiger partial charge in [-0.15, -0.1) is 0 Å². The van der Waals surface area contributed by atoms with Crippen molar-refractivity contribution in [1.29, 1.82) is 0 Å². The number of nitrogens with zero attached hydrogens (tertiary/aromatic N) is 3. The van der Waals surface area contributed by atoms with Crippen molar-refractivity contribution in [3.05, 3.63) is 76.6 Å². The number of carbonyl (C=O) groups excluding carboxylic acids is 1. The average Bonchev–Trinajstić information content (AvgIpc) is 3.27. The van der Waals surface area contributed by atoms with E-state index in [-0.39, 0.29) is 11.5 Å². The number of rotatable bonds is 6. The topological polar surface area (TPSA) is 58.1 Å². The maximum atomic E-state index is 12.9. The van der Waals surface area contributed by atoms with Gasteiger partial charge in [0.05, 0.1) is 5.56 Å². The van der Waals surface area contributed by atoms with E-state index in [1.807, 2.05) is 0 Å². The monoisotopic (exact) mass is 474 g/mol. The Kier molecular flexibility index (Phi) is 6.97. The van der Waals surface area contributed by atoms with Crippen LogP contribution in [0.3, 0.4) is 0 Å². The molecular formula is C24H25F3N4OS. The second kappa shape index (κ2) is 9.91. The first-order valence-electron chi connectivity index (χ1n) is 10.9. The van der Waals surface area contributed by atoms with Gasteiger partial charge in [0.1, 0.15) is 5.82 Å². The van der Waals surface area contributed by atoms with Gasteiger partial charge in [0.2, 0.25) is 5.13 Å². The molecule has 0 spiro atoms. The maximum absolute atomic E-state index is 12.9. The summed E-state index contributed by atoms with van der Waals surface area (Å²) in [5, 5.41) is 3.69. The van der Waals surface area contributed by atoms with Crippen LogP contribution in [0.4, 0.5) is 18.3 Å². The zero-order valence-electron chi connectivity index (χ0n) is 18.2. The number of carbonyl (C=O) groups is 1. The first-order valence-corrected chi connectivity index (χ1v) is 11.6. The fourth-order valence-electron chi connectivity index (χ4n) is 3.84. The summed E-state index contributed by atoms with van der Waals surface area (Å²) < 4.78 is 43.1. The Labute approximate surface area is 194 Å². The summed E-state index contributed by atoms with van der Waals surface area (Å²) in [6.07, 6.45) is -2.02. The third-order valence-corrected chi connectivity index (χ3v) is 6.64. The third-order valence-electron chi connectivity index (χ3n) is 5.83. The number of halogens is 3. The summed E-state index contributed by atoms with van der Waals surface area (Å²) in [7, 11) is 0. The lowest BCUT2D eigenvalue weighted by atomic mass is 9.97. The highest BCUT2D eigenvalue weighted by Gasteiger charge is 2.31. The molecular weight excluding hydrogens is 449 g/mol. The number of aromatic nitrogens is 2. The van der Waals surface area contributed by atoms with E-state index in [9.17, 15) is 18.0 Å². The molecule has 1 saturated heterocycles. The van der Waals surface area contributed by atoms with Crippen molar-refractivity contribution in [2.45, 2.75) is 32.4 Å². The Hall–Kier alpha value is -2.94. The number of anilines is 1. The Morgan fingerprint density at radius 1 is 1.15 bits per heavy atom. The van der Waals surface area contributed by atoms with Gasteiger partial charge in [-0.2, -0.15) is 17.5 Å². The van der Waals surface area contributed by atoms with E-state index in [0.717, 1.165) is 49.0 Å². The second-order valence-electron chi connectivity index (χ2n) is 8.37. The van der Waals surface area contributed by atoms with Crippen LogP contribution in [0.15, 0.2) is 48.5 Å². The Morgan fingerprint density at radius 2 is 1.88 bits per heavy atom. The Balaban J connectivity index is 1.25. The zero-order chi connectivity index (χ0) is 23.4. The number of piperidine rings is 1. The normalized spacial score (nSPS) is 15.0. The van der Waals surface area contributed by atoms with Gasteiger partial charge in [-0.05, 0) is 49.4 Å². The van der Waals surface area contributed by atoms with E-state index in [1.54, 1.807) is 0 Å². The highest BCUT2D eigenvalue weighted by atomic mass is 32.1. The van der Waals surface area contributed by atoms with E-state index in [2.05, 4.69) is 45.8 Å². The van der Waals surface area contributed by atoms with Crippen LogP contribution in [0.25, 0.3) is 0 Å². The van der Waals surface area contributed by atoms with Gasteiger partial charge in [0.25, 0.3) is 5.91 Å². The molecule has 1 amide bonds. The van der Waals surface area contributed by atoms with E-state index in [4.69, 9.17) is 4.98 Å². The SMILES string of the molecule is Cc1ccc(Cc2nsc(N3CCC(CNC(=O)c4cccc(C(F)(F)F)c4)CC3)n2)cc1. The molecule has 0 radical (unpaired) electrons. The first kappa shape index (κ1) is 23.2. The molecule has 1 aromatic heterocycles. The number of alkyl halides is 3. The summed E-state index contributed by atoms with van der Waals surface area (Å²) in [4.78, 5) is 19.2. The van der Waals surface area contributed by atoms with Gasteiger partial charge in [-0.1, -0.05) is 35.9 Å². The van der Waals surface area contributed by atoms with Gasteiger partial charge in [-0.25, -0.2) is 4.98 Å². The maximum Gasteiger partial charge on any atom is 0.416 e. The molecule has 5 nitrogen and oxygen atoms in total. The number of benzene rings is 2. The molecule has 0 unspecified atom stereocenters. The van der Waals surface area contributed by atoms with Crippen molar-refractivity contribution < 1.29 is 18.0 Å². The molecule has 0 aliphatic carbocycles. The predicted octanol–water partition coefficient (Wildman–Crippen LogP) is 5.10. The lowest BCUT2D eigenvalue weighted by Gasteiger charge is -2.31. The van der Waals surface area contributed by atoms with Gasteiger partial charge in [-0.3, -0.25) is 4.79 Å². The van der Waals surface area contributed by atoms with Crippen LogP contribution in [0.1, 0.15) is 45.7 Å². The number of aryl methyl sites for hydroxylation is 1. The van der Waals surface area contributed by atoms with Crippen molar-refractivity contribution in [3.8, 4) is 0 Å². The average molecular weight is 475 g/mol. The third kappa shape index (κ3) is 6.10. The molecule has 2 aromatic carbocycles. The minimum absolute atomic E-state index is 0.0252. The van der Waals surface area contributed by atoms with E-state index in [0.29, 0.717) is 13.0 Å². The van der Waals surface area contributed by atoms with Gasteiger partial charge >= 0.3 is 6.18 Å². The van der Waals surface area contributed by atoms with Crippen LogP contribution in [-0.2, 0) is 12.6 Å². The molecule has 1 fully saturated rings. The van der Waals surface area contributed by atoms with Crippen LogP contribution < -0.4 is 10.2 Å². The summed E-state index contributed by atoms with van der Waals surface area (Å²) in [5.74, 6) is 0.610. The standard InChI is InChI=1S/C24H25F3N4OS/c1-16-5-7-17(8-6-16)13-21-29-23(33-30-21)31-11-9-18(10-12-31)15-28-22(32)19-3-2-4-20(14-19)24(25,26)27/h2-8,14,18H,9-13,15H2,1H3,(H,28,32). The predicted molar refractivity (Wildman–Crippen MR) is 123 cm³/mol. The smallest absolute Gasteiger partial charge is 0.352 e. The molecule has 9 heteroatoms. The summed E-state index contributed by atoms with van der Waals surface area (Å²) in [6, 6.07) is 12.9. The Bertz CT molecular complexity index is 1090. The van der Waals surface area contributed by atoms with Crippen molar-refractivity contribution in [2.75, 3.05) is 24.5 Å². The van der Waals surface area contributed by atoms with Crippen LogP contribution in [-0.4, -0.2) is 34.9 Å². The summed E-state index contributed by atoms with van der Waals surface area (Å²) in [5.41, 5.74) is 1.61. The lowest BCUT2D eigenvalue weighted by Crippen LogP contribution is -2.38. The largest absolute Gasteiger partial charge is 0.416 e. The Morgan fingerprint density at radius 3 is 2.58 bits per heavy atom. The van der Waals surface area contributed by atoms with Crippen molar-refractivity contribution in [3.63, 3.8) is 0 Å². The van der Waals surface area contributed by atoms with Crippen LogP contribution in [0.5, 0.6) is 0 Å². The second-order valence-corrected chi connectivity index (χ2v) is 9.10. The number of hydrogen-bond acceptors (Lipinski definition) is 5. The number of amides is 1. The van der Waals surface area contributed by atoms with Crippen LogP contribution >= 0.6 is 11.5 Å². The minimum atomic E-state index is -4.46. The quantitative estimate of drug-likeness (QED) is 0.540. The zero-order valence-corrected chi connectivity index (χ0v) is 19.0. The molecule has 0 saturated carbocycles. The highest BCUT2D eigenvalue weighted by molar-refractivity contribution is 7.09. The van der Waals surface area contributed by atoms with Gasteiger partial charge in [0, 0.05) is 43.2 Å². The number of hydrogen-bond donors (Lipinski definition) is 1. The lowest BCUT2D eigenvalue weighted by molar-refractivity contribution is -0.137. The minimum Gasteiger partial charge on any atom is -0.352 e. The molecule has 1 N–H and O–H groups in total. The van der Waals surface area contributed by atoms with Crippen LogP contribution in [0, 0.1) is 12.8 Å². The molecule has 3 aromatic rings. The van der Waals surface area contributed by atoms with Crippen LogP contribution in [0.2, 0.25) is 0 Å². The highest BCUT2D eigenvalue weighted by Crippen LogP contribution is 2.29. The molecule has 4 rings (SSSR count). The molecule has 2 heterocycles. The van der Waals surface area contributed by atoms with Gasteiger partial charge < -0.3 is 10.2 Å². The fourth-order valence-corrected chi connectivity index (χ4v) is 4.57.